The molecule has 4 fully saturated rings. The molecule has 4 aliphatic rings. The molecular formula is C24H31N5O3. The number of aromatic amines is 1. The predicted octanol–water partition coefficient (Wildman–Crippen LogP) is 2.54. The Balaban J connectivity index is 1.19. The second kappa shape index (κ2) is 7.99. The van der Waals surface area contributed by atoms with Gasteiger partial charge in [0.15, 0.2) is 0 Å². The van der Waals surface area contributed by atoms with Gasteiger partial charge in [0.1, 0.15) is 5.82 Å². The van der Waals surface area contributed by atoms with Gasteiger partial charge in [-0.05, 0) is 82.4 Å². The number of urea groups is 1. The van der Waals surface area contributed by atoms with Gasteiger partial charge in [0.05, 0.1) is 23.5 Å². The van der Waals surface area contributed by atoms with Gasteiger partial charge >= 0.3 is 6.03 Å². The Morgan fingerprint density at radius 2 is 1.78 bits per heavy atom. The second-order valence-corrected chi connectivity index (χ2v) is 10.3. The molecule has 0 aliphatic heterocycles. The molecule has 32 heavy (non-hydrogen) atoms. The van der Waals surface area contributed by atoms with Crippen LogP contribution in [0.5, 0.6) is 0 Å². The lowest BCUT2D eigenvalue weighted by Crippen LogP contribution is -2.62. The Kier molecular flexibility index (Phi) is 5.28. The van der Waals surface area contributed by atoms with Crippen LogP contribution in [0.25, 0.3) is 10.9 Å². The molecular weight excluding hydrogens is 406 g/mol. The minimum Gasteiger partial charge on any atom is -0.332 e. The standard InChI is InChI=1S/C24H31N5O3/c1-14(29(2)13-20-25-19-6-4-3-5-18(19)22(31)26-20)21(30)27-23(32)28-24-10-15-7-16(11-24)9-17(8-15)12-24/h3-6,14-17H,7-13H2,1-2H3,(H,25,26,31)(H2,27,28,30,32). The van der Waals surface area contributed by atoms with E-state index >= 15 is 0 Å². The van der Waals surface area contributed by atoms with E-state index in [1.807, 2.05) is 6.07 Å². The molecule has 8 nitrogen and oxygen atoms in total. The van der Waals surface area contributed by atoms with E-state index in [2.05, 4.69) is 20.6 Å². The zero-order chi connectivity index (χ0) is 22.5. The second-order valence-electron chi connectivity index (χ2n) is 10.3. The van der Waals surface area contributed by atoms with Crippen LogP contribution in [0.2, 0.25) is 0 Å². The van der Waals surface area contributed by atoms with Crippen LogP contribution in [0, 0.1) is 17.8 Å². The number of hydrogen-bond donors (Lipinski definition) is 3. The maximum absolute atomic E-state index is 12.7. The van der Waals surface area contributed by atoms with Gasteiger partial charge in [-0.3, -0.25) is 19.8 Å². The number of carbonyl (C=O) groups excluding carboxylic acids is 2. The van der Waals surface area contributed by atoms with E-state index in [4.69, 9.17) is 0 Å². The van der Waals surface area contributed by atoms with Gasteiger partial charge < -0.3 is 10.3 Å². The van der Waals surface area contributed by atoms with Crippen LogP contribution in [0.15, 0.2) is 29.1 Å². The summed E-state index contributed by atoms with van der Waals surface area (Å²) in [6.45, 7) is 2.03. The van der Waals surface area contributed by atoms with E-state index < -0.39 is 12.1 Å². The maximum atomic E-state index is 12.7. The zero-order valence-electron chi connectivity index (χ0n) is 18.7. The topological polar surface area (TPSA) is 107 Å². The maximum Gasteiger partial charge on any atom is 0.321 e. The monoisotopic (exact) mass is 437 g/mol. The Bertz CT molecular complexity index is 1070. The van der Waals surface area contributed by atoms with Crippen molar-refractivity contribution in [1.82, 2.24) is 25.5 Å². The molecule has 4 aliphatic carbocycles. The van der Waals surface area contributed by atoms with Crippen LogP contribution in [0.4, 0.5) is 4.79 Å². The van der Waals surface area contributed by atoms with Gasteiger partial charge in [-0.15, -0.1) is 0 Å². The first kappa shape index (κ1) is 21.1. The number of rotatable bonds is 5. The lowest BCUT2D eigenvalue weighted by atomic mass is 9.53. The molecule has 1 atom stereocenters. The van der Waals surface area contributed by atoms with Crippen molar-refractivity contribution < 1.29 is 9.59 Å². The quantitative estimate of drug-likeness (QED) is 0.666. The van der Waals surface area contributed by atoms with Crippen molar-refractivity contribution in [2.24, 2.45) is 17.8 Å². The van der Waals surface area contributed by atoms with E-state index in [-0.39, 0.29) is 23.6 Å². The largest absolute Gasteiger partial charge is 0.332 e. The summed E-state index contributed by atoms with van der Waals surface area (Å²) in [5, 5.41) is 6.25. The van der Waals surface area contributed by atoms with Crippen molar-refractivity contribution in [2.75, 3.05) is 7.05 Å². The molecule has 0 spiro atoms. The summed E-state index contributed by atoms with van der Waals surface area (Å²) in [7, 11) is 1.77. The summed E-state index contributed by atoms with van der Waals surface area (Å²) in [5.74, 6) is 2.28. The SMILES string of the molecule is CC(C(=O)NC(=O)NC12CC3CC(CC(C3)C1)C2)N(C)Cc1nc2ccccc2c(=O)[nH]1. The summed E-state index contributed by atoms with van der Waals surface area (Å²) in [5.41, 5.74) is 0.278. The number of fused-ring (bicyclic) bond motifs is 1. The highest BCUT2D eigenvalue weighted by atomic mass is 16.2. The molecule has 1 heterocycles. The summed E-state index contributed by atoms with van der Waals surface area (Å²) in [6, 6.07) is 6.20. The number of benzene rings is 1. The van der Waals surface area contributed by atoms with Gasteiger partial charge in [-0.2, -0.15) is 0 Å². The Hall–Kier alpha value is -2.74. The number of amides is 3. The molecule has 4 bridgehead atoms. The lowest BCUT2D eigenvalue weighted by molar-refractivity contribution is -0.124. The van der Waals surface area contributed by atoms with Crippen LogP contribution < -0.4 is 16.2 Å². The Labute approximate surface area is 187 Å². The van der Waals surface area contributed by atoms with Crippen LogP contribution in [0.1, 0.15) is 51.3 Å². The van der Waals surface area contributed by atoms with Crippen LogP contribution in [0.3, 0.4) is 0 Å². The number of nitrogens with zero attached hydrogens (tertiary/aromatic N) is 2. The van der Waals surface area contributed by atoms with Crippen molar-refractivity contribution in [3.8, 4) is 0 Å². The first-order valence-corrected chi connectivity index (χ1v) is 11.6. The summed E-state index contributed by atoms with van der Waals surface area (Å²) >= 11 is 0. The fourth-order valence-electron chi connectivity index (χ4n) is 6.54. The van der Waals surface area contributed by atoms with Gasteiger partial charge in [0.2, 0.25) is 5.91 Å². The average molecular weight is 438 g/mol. The average Bonchev–Trinajstić information content (AvgIpc) is 2.71. The zero-order valence-corrected chi connectivity index (χ0v) is 18.7. The fourth-order valence-corrected chi connectivity index (χ4v) is 6.54. The minimum absolute atomic E-state index is 0.136. The molecule has 1 aromatic carbocycles. The molecule has 4 saturated carbocycles. The van der Waals surface area contributed by atoms with Crippen LogP contribution in [-0.4, -0.2) is 45.4 Å². The first-order chi connectivity index (χ1) is 15.3. The first-order valence-electron chi connectivity index (χ1n) is 11.6. The summed E-state index contributed by atoms with van der Waals surface area (Å²) in [6.07, 6.45) is 7.02. The molecule has 3 amide bonds. The molecule has 170 valence electrons. The van der Waals surface area contributed by atoms with Crippen molar-refractivity contribution in [3.05, 3.63) is 40.4 Å². The number of likely N-dealkylation sites (N-methyl/N-ethyl adjacent to an activating group) is 1. The summed E-state index contributed by atoms with van der Waals surface area (Å²) < 4.78 is 0. The van der Waals surface area contributed by atoms with Crippen molar-refractivity contribution in [3.63, 3.8) is 0 Å². The number of nitrogens with one attached hydrogen (secondary N) is 3. The van der Waals surface area contributed by atoms with E-state index in [1.54, 1.807) is 37.1 Å². The van der Waals surface area contributed by atoms with Crippen molar-refractivity contribution in [2.45, 2.75) is 63.6 Å². The Morgan fingerprint density at radius 1 is 1.16 bits per heavy atom. The number of hydrogen-bond acceptors (Lipinski definition) is 5. The Morgan fingerprint density at radius 3 is 2.44 bits per heavy atom. The third-order valence-electron chi connectivity index (χ3n) is 7.76. The van der Waals surface area contributed by atoms with Gasteiger partial charge in [0.25, 0.3) is 5.56 Å². The molecule has 2 aromatic rings. The van der Waals surface area contributed by atoms with Gasteiger partial charge in [-0.25, -0.2) is 9.78 Å². The third-order valence-corrected chi connectivity index (χ3v) is 7.76. The van der Waals surface area contributed by atoms with Crippen LogP contribution >= 0.6 is 0 Å². The minimum atomic E-state index is -0.561. The molecule has 0 radical (unpaired) electrons. The molecule has 1 aromatic heterocycles. The number of H-pyrrole nitrogens is 1. The van der Waals surface area contributed by atoms with E-state index in [0.29, 0.717) is 16.7 Å². The smallest absolute Gasteiger partial charge is 0.321 e. The molecule has 8 heteroatoms. The van der Waals surface area contributed by atoms with Gasteiger partial charge in [0, 0.05) is 5.54 Å². The number of carbonyl (C=O) groups is 2. The van der Waals surface area contributed by atoms with Crippen LogP contribution in [-0.2, 0) is 11.3 Å². The summed E-state index contributed by atoms with van der Waals surface area (Å²) in [4.78, 5) is 46.8. The third kappa shape index (κ3) is 4.03. The number of imide groups is 1. The van der Waals surface area contributed by atoms with Crippen molar-refractivity contribution in [1.29, 1.82) is 0 Å². The highest BCUT2D eigenvalue weighted by molar-refractivity contribution is 5.97. The molecule has 0 saturated heterocycles. The normalized spacial score (nSPS) is 29.3. The molecule has 3 N–H and O–H groups in total. The molecule has 1 unspecified atom stereocenters. The van der Waals surface area contributed by atoms with E-state index in [1.165, 1.54) is 19.3 Å². The number of aromatic nitrogens is 2. The predicted molar refractivity (Wildman–Crippen MR) is 121 cm³/mol. The molecule has 6 rings (SSSR count). The van der Waals surface area contributed by atoms with Gasteiger partial charge in [-0.1, -0.05) is 12.1 Å². The highest BCUT2D eigenvalue weighted by Gasteiger charge is 2.51. The highest BCUT2D eigenvalue weighted by Crippen LogP contribution is 2.55. The van der Waals surface area contributed by atoms with E-state index in [9.17, 15) is 14.4 Å². The number of para-hydroxylation sites is 1. The lowest BCUT2D eigenvalue weighted by Gasteiger charge is -2.56. The fraction of sp³-hybridized carbons (Fsp3) is 0.583. The van der Waals surface area contributed by atoms with E-state index in [0.717, 1.165) is 37.0 Å². The van der Waals surface area contributed by atoms with Crippen molar-refractivity contribution >= 4 is 22.8 Å².